The Bertz CT molecular complexity index is 756. The first kappa shape index (κ1) is 17.3. The molecule has 124 valence electrons. The molecule has 0 aliphatic carbocycles. The quantitative estimate of drug-likeness (QED) is 0.309. The second kappa shape index (κ2) is 6.75. The van der Waals surface area contributed by atoms with Crippen LogP contribution in [0.5, 0.6) is 0 Å². The number of nitrogens with zero attached hydrogens (tertiary/aromatic N) is 2. The Kier molecular flexibility index (Phi) is 5.06. The van der Waals surface area contributed by atoms with E-state index in [0.29, 0.717) is 6.61 Å². The van der Waals surface area contributed by atoms with Crippen LogP contribution in [-0.2, 0) is 17.8 Å². The smallest absolute Gasteiger partial charge is 0.189 e. The highest BCUT2D eigenvalue weighted by molar-refractivity contribution is 7.99. The van der Waals surface area contributed by atoms with E-state index in [1.54, 1.807) is 34.9 Å². The summed E-state index contributed by atoms with van der Waals surface area (Å²) in [7, 11) is 0. The van der Waals surface area contributed by atoms with Crippen LogP contribution in [0.4, 0.5) is 0 Å². The van der Waals surface area contributed by atoms with E-state index in [9.17, 15) is 0 Å². The van der Waals surface area contributed by atoms with Crippen molar-refractivity contribution in [1.29, 1.82) is 0 Å². The van der Waals surface area contributed by atoms with Gasteiger partial charge in [-0.05, 0) is 32.1 Å². The Morgan fingerprint density at radius 1 is 1.43 bits per heavy atom. The molecular formula is C17H22N2OS3. The zero-order valence-electron chi connectivity index (χ0n) is 14.1. The number of hydrogen-bond acceptors (Lipinski definition) is 6. The summed E-state index contributed by atoms with van der Waals surface area (Å²) in [6.07, 6.45) is 3.99. The van der Waals surface area contributed by atoms with E-state index in [0.717, 1.165) is 33.6 Å². The molecule has 1 atom stereocenters. The minimum Gasteiger partial charge on any atom is -0.369 e. The van der Waals surface area contributed by atoms with E-state index < -0.39 is 0 Å². The standard InChI is InChI=1S/C17H22N2OS3/c1-6-17(4)7-11-12(8-20-17)23-15-13(11)14(22-9-10(2)3)18-16(19-15)21-5/h2,6-9H2,1,3-5H3/t17-/m1/s1. The highest BCUT2D eigenvalue weighted by Crippen LogP contribution is 2.43. The summed E-state index contributed by atoms with van der Waals surface area (Å²) < 4.78 is 6.10. The van der Waals surface area contributed by atoms with Gasteiger partial charge in [-0.2, -0.15) is 0 Å². The van der Waals surface area contributed by atoms with Gasteiger partial charge in [0.2, 0.25) is 0 Å². The zero-order chi connectivity index (χ0) is 16.6. The molecule has 3 nitrogen and oxygen atoms in total. The van der Waals surface area contributed by atoms with Crippen LogP contribution < -0.4 is 0 Å². The van der Waals surface area contributed by atoms with Crippen LogP contribution in [0.25, 0.3) is 10.2 Å². The van der Waals surface area contributed by atoms with Crippen LogP contribution in [0.3, 0.4) is 0 Å². The summed E-state index contributed by atoms with van der Waals surface area (Å²) in [4.78, 5) is 11.9. The molecule has 0 amide bonds. The average molecular weight is 367 g/mol. The maximum atomic E-state index is 6.10. The molecular weight excluding hydrogens is 344 g/mol. The van der Waals surface area contributed by atoms with Crippen LogP contribution in [0.15, 0.2) is 22.3 Å². The second-order valence-corrected chi connectivity index (χ2v) is 9.04. The van der Waals surface area contributed by atoms with Gasteiger partial charge in [0.25, 0.3) is 0 Å². The molecule has 0 bridgehead atoms. The van der Waals surface area contributed by atoms with Crippen LogP contribution >= 0.6 is 34.9 Å². The minimum atomic E-state index is -0.0739. The first-order chi connectivity index (χ1) is 11.0. The molecule has 0 N–H and O–H groups in total. The van der Waals surface area contributed by atoms with Gasteiger partial charge in [0, 0.05) is 22.4 Å². The number of aromatic nitrogens is 2. The third-order valence-electron chi connectivity index (χ3n) is 4.17. The van der Waals surface area contributed by atoms with Crippen molar-refractivity contribution in [1.82, 2.24) is 9.97 Å². The monoisotopic (exact) mass is 366 g/mol. The van der Waals surface area contributed by atoms with Gasteiger partial charge in [-0.25, -0.2) is 9.97 Å². The van der Waals surface area contributed by atoms with Crippen LogP contribution in [0, 0.1) is 0 Å². The Hall–Kier alpha value is -0.560. The topological polar surface area (TPSA) is 35.0 Å². The number of ether oxygens (including phenoxy) is 1. The Morgan fingerprint density at radius 2 is 2.22 bits per heavy atom. The SMILES string of the molecule is C=C(C)CSc1nc(SC)nc2sc3c(c12)C[C@@](C)(CC)OC3. The fourth-order valence-electron chi connectivity index (χ4n) is 2.63. The van der Waals surface area contributed by atoms with E-state index in [1.165, 1.54) is 21.4 Å². The first-order valence-electron chi connectivity index (χ1n) is 7.73. The van der Waals surface area contributed by atoms with Gasteiger partial charge in [-0.15, -0.1) is 23.1 Å². The van der Waals surface area contributed by atoms with E-state index in [2.05, 4.69) is 27.4 Å². The third-order valence-corrected chi connectivity index (χ3v) is 7.02. The lowest BCUT2D eigenvalue weighted by molar-refractivity contribution is -0.0543. The van der Waals surface area contributed by atoms with Crippen molar-refractivity contribution in [2.75, 3.05) is 12.0 Å². The van der Waals surface area contributed by atoms with Gasteiger partial charge in [0.1, 0.15) is 9.86 Å². The molecule has 23 heavy (non-hydrogen) atoms. The molecule has 2 aromatic heterocycles. The summed E-state index contributed by atoms with van der Waals surface area (Å²) in [6, 6.07) is 0. The van der Waals surface area contributed by atoms with Gasteiger partial charge in [0.15, 0.2) is 5.16 Å². The summed E-state index contributed by atoms with van der Waals surface area (Å²) in [6.45, 7) is 11.2. The fourth-order valence-corrected chi connectivity index (χ4v) is 5.18. The largest absolute Gasteiger partial charge is 0.369 e. The van der Waals surface area contributed by atoms with Gasteiger partial charge in [-0.3, -0.25) is 0 Å². The Balaban J connectivity index is 2.12. The minimum absolute atomic E-state index is 0.0739. The van der Waals surface area contributed by atoms with E-state index >= 15 is 0 Å². The van der Waals surface area contributed by atoms with Gasteiger partial charge in [-0.1, -0.05) is 30.8 Å². The van der Waals surface area contributed by atoms with Crippen molar-refractivity contribution in [2.24, 2.45) is 0 Å². The molecule has 1 aliphatic heterocycles. The van der Waals surface area contributed by atoms with Crippen molar-refractivity contribution in [2.45, 2.75) is 56.0 Å². The maximum absolute atomic E-state index is 6.10. The van der Waals surface area contributed by atoms with E-state index in [-0.39, 0.29) is 5.60 Å². The van der Waals surface area contributed by atoms with Crippen LogP contribution in [-0.4, -0.2) is 27.6 Å². The number of thioether (sulfide) groups is 2. The molecule has 0 radical (unpaired) electrons. The van der Waals surface area contributed by atoms with Crippen molar-refractivity contribution < 1.29 is 4.74 Å². The summed E-state index contributed by atoms with van der Waals surface area (Å²) in [5, 5.41) is 3.19. The molecule has 0 saturated carbocycles. The second-order valence-electron chi connectivity index (χ2n) is 6.21. The van der Waals surface area contributed by atoms with Gasteiger partial charge in [0.05, 0.1) is 12.2 Å². The molecule has 0 spiro atoms. The Labute approximate surface area is 150 Å². The number of thiophene rings is 1. The highest BCUT2D eigenvalue weighted by Gasteiger charge is 2.33. The molecule has 0 fully saturated rings. The van der Waals surface area contributed by atoms with Crippen molar-refractivity contribution in [3.63, 3.8) is 0 Å². The highest BCUT2D eigenvalue weighted by atomic mass is 32.2. The maximum Gasteiger partial charge on any atom is 0.189 e. The lowest BCUT2D eigenvalue weighted by atomic mass is 9.90. The van der Waals surface area contributed by atoms with Crippen molar-refractivity contribution >= 4 is 45.1 Å². The molecule has 0 aromatic carbocycles. The summed E-state index contributed by atoms with van der Waals surface area (Å²) >= 11 is 5.14. The lowest BCUT2D eigenvalue weighted by Gasteiger charge is -2.33. The molecule has 1 aliphatic rings. The predicted molar refractivity (Wildman–Crippen MR) is 102 cm³/mol. The molecule has 0 saturated heterocycles. The molecule has 0 unspecified atom stereocenters. The zero-order valence-corrected chi connectivity index (χ0v) is 16.5. The number of rotatable bonds is 5. The average Bonchev–Trinajstić information content (AvgIpc) is 2.89. The van der Waals surface area contributed by atoms with Gasteiger partial charge >= 0.3 is 0 Å². The molecule has 2 aromatic rings. The van der Waals surface area contributed by atoms with Crippen molar-refractivity contribution in [3.05, 3.63) is 22.6 Å². The van der Waals surface area contributed by atoms with Crippen LogP contribution in [0.2, 0.25) is 0 Å². The van der Waals surface area contributed by atoms with Crippen LogP contribution in [0.1, 0.15) is 37.6 Å². The van der Waals surface area contributed by atoms with E-state index in [1.807, 2.05) is 6.26 Å². The first-order valence-corrected chi connectivity index (χ1v) is 10.8. The van der Waals surface area contributed by atoms with Crippen molar-refractivity contribution in [3.8, 4) is 0 Å². The number of fused-ring (bicyclic) bond motifs is 3. The Morgan fingerprint density at radius 3 is 2.87 bits per heavy atom. The number of hydrogen-bond donors (Lipinski definition) is 0. The van der Waals surface area contributed by atoms with E-state index in [4.69, 9.17) is 14.7 Å². The molecule has 6 heteroatoms. The summed E-state index contributed by atoms with van der Waals surface area (Å²) in [5.74, 6) is 0.895. The molecule has 3 rings (SSSR count). The summed E-state index contributed by atoms with van der Waals surface area (Å²) in [5.41, 5.74) is 2.49. The predicted octanol–water partition coefficient (Wildman–Crippen LogP) is 5.32. The fraction of sp³-hybridized carbons (Fsp3) is 0.529. The normalized spacial score (nSPS) is 20.7. The van der Waals surface area contributed by atoms with Gasteiger partial charge < -0.3 is 4.74 Å². The molecule has 3 heterocycles. The lowest BCUT2D eigenvalue weighted by Crippen LogP contribution is -2.33. The third kappa shape index (κ3) is 3.45.